The lowest BCUT2D eigenvalue weighted by Crippen LogP contribution is -2.26. The Labute approximate surface area is 166 Å². The number of carbonyl (C=O) groups excluding carboxylic acids is 1. The fraction of sp³-hybridized carbons (Fsp3) is 0.250. The van der Waals surface area contributed by atoms with Gasteiger partial charge in [0.1, 0.15) is 23.1 Å². The summed E-state index contributed by atoms with van der Waals surface area (Å²) in [4.78, 5) is 16.3. The number of hydrogen-bond donors (Lipinski definition) is 0. The van der Waals surface area contributed by atoms with E-state index in [2.05, 4.69) is 10.1 Å². The van der Waals surface area contributed by atoms with Crippen molar-refractivity contribution in [2.24, 2.45) is 0 Å². The van der Waals surface area contributed by atoms with Crippen LogP contribution >= 0.6 is 0 Å². The summed E-state index contributed by atoms with van der Waals surface area (Å²) >= 11 is 0. The summed E-state index contributed by atoms with van der Waals surface area (Å²) in [6.45, 7) is 1.30. The Morgan fingerprint density at radius 2 is 1.83 bits per heavy atom. The standard InChI is InChI=1S/C20H19FN2O6/c1-12(28-14-6-4-13(21)5-7-14)20(24)27-11-18-22-19(23-29-18)16-9-8-15(25-2)10-17(16)26-3/h4-10,12H,11H2,1-3H3/t12-/m0/s1. The first-order chi connectivity index (χ1) is 14.0. The molecule has 0 aliphatic carbocycles. The molecule has 1 heterocycles. The number of rotatable bonds is 8. The second-order valence-electron chi connectivity index (χ2n) is 5.90. The van der Waals surface area contributed by atoms with Crippen LogP contribution in [0.1, 0.15) is 12.8 Å². The summed E-state index contributed by atoms with van der Waals surface area (Å²) in [6.07, 6.45) is -0.899. The van der Waals surface area contributed by atoms with Crippen molar-refractivity contribution in [1.29, 1.82) is 0 Å². The van der Waals surface area contributed by atoms with Crippen molar-refractivity contribution in [3.8, 4) is 28.6 Å². The third kappa shape index (κ3) is 5.01. The van der Waals surface area contributed by atoms with Gasteiger partial charge in [-0.3, -0.25) is 0 Å². The third-order valence-electron chi connectivity index (χ3n) is 3.91. The third-order valence-corrected chi connectivity index (χ3v) is 3.91. The summed E-state index contributed by atoms with van der Waals surface area (Å²) < 4.78 is 39.1. The maximum Gasteiger partial charge on any atom is 0.347 e. The molecule has 0 aliphatic rings. The average Bonchev–Trinajstić information content (AvgIpc) is 3.21. The number of benzene rings is 2. The zero-order chi connectivity index (χ0) is 20.8. The van der Waals surface area contributed by atoms with Crippen molar-refractivity contribution >= 4 is 5.97 Å². The summed E-state index contributed by atoms with van der Waals surface area (Å²) in [5.74, 6) is 0.853. The molecule has 0 radical (unpaired) electrons. The Morgan fingerprint density at radius 1 is 1.10 bits per heavy atom. The molecule has 2 aromatic carbocycles. The van der Waals surface area contributed by atoms with Gasteiger partial charge in [0.15, 0.2) is 12.7 Å². The van der Waals surface area contributed by atoms with Crippen LogP contribution in [-0.4, -0.2) is 36.4 Å². The topological polar surface area (TPSA) is 92.9 Å². The van der Waals surface area contributed by atoms with Crippen LogP contribution in [0.25, 0.3) is 11.4 Å². The quantitative estimate of drug-likeness (QED) is 0.529. The molecule has 3 aromatic rings. The molecule has 0 N–H and O–H groups in total. The first-order valence-electron chi connectivity index (χ1n) is 8.64. The smallest absolute Gasteiger partial charge is 0.347 e. The Kier molecular flexibility index (Phi) is 6.28. The van der Waals surface area contributed by atoms with Gasteiger partial charge in [0.05, 0.1) is 19.8 Å². The van der Waals surface area contributed by atoms with Crippen LogP contribution in [0.4, 0.5) is 4.39 Å². The summed E-state index contributed by atoms with van der Waals surface area (Å²) in [7, 11) is 3.07. The fourth-order valence-corrected chi connectivity index (χ4v) is 2.42. The SMILES string of the molecule is COc1ccc(-c2noc(COC(=O)[C@H](C)Oc3ccc(F)cc3)n2)c(OC)c1. The number of esters is 1. The highest BCUT2D eigenvalue weighted by molar-refractivity contribution is 5.74. The maximum absolute atomic E-state index is 12.9. The van der Waals surface area contributed by atoms with Gasteiger partial charge in [0, 0.05) is 6.07 Å². The maximum atomic E-state index is 12.9. The molecule has 0 bridgehead atoms. The molecule has 0 saturated heterocycles. The number of nitrogens with zero attached hydrogens (tertiary/aromatic N) is 2. The minimum Gasteiger partial charge on any atom is -0.497 e. The predicted octanol–water partition coefficient (Wildman–Crippen LogP) is 3.40. The van der Waals surface area contributed by atoms with Crippen LogP contribution in [0.15, 0.2) is 47.0 Å². The molecule has 3 rings (SSSR count). The van der Waals surface area contributed by atoms with Crippen LogP contribution in [0.5, 0.6) is 17.2 Å². The highest BCUT2D eigenvalue weighted by Gasteiger charge is 2.19. The van der Waals surface area contributed by atoms with E-state index in [1.165, 1.54) is 38.3 Å². The molecule has 8 nitrogen and oxygen atoms in total. The number of halogens is 1. The number of hydrogen-bond acceptors (Lipinski definition) is 8. The molecule has 0 fully saturated rings. The molecule has 0 unspecified atom stereocenters. The molecule has 0 saturated carbocycles. The van der Waals surface area contributed by atoms with E-state index in [-0.39, 0.29) is 18.3 Å². The van der Waals surface area contributed by atoms with E-state index >= 15 is 0 Å². The van der Waals surface area contributed by atoms with E-state index in [1.807, 2.05) is 0 Å². The van der Waals surface area contributed by atoms with Crippen molar-refractivity contribution in [2.75, 3.05) is 14.2 Å². The second kappa shape index (κ2) is 9.05. The van der Waals surface area contributed by atoms with Crippen LogP contribution in [-0.2, 0) is 16.1 Å². The van der Waals surface area contributed by atoms with Gasteiger partial charge < -0.3 is 23.5 Å². The van der Waals surface area contributed by atoms with E-state index in [1.54, 1.807) is 25.3 Å². The number of methoxy groups -OCH3 is 2. The second-order valence-corrected chi connectivity index (χ2v) is 5.90. The van der Waals surface area contributed by atoms with Gasteiger partial charge in [-0.25, -0.2) is 9.18 Å². The molecule has 0 spiro atoms. The van der Waals surface area contributed by atoms with Crippen molar-refractivity contribution in [3.05, 3.63) is 54.2 Å². The molecule has 1 atom stereocenters. The lowest BCUT2D eigenvalue weighted by atomic mass is 10.2. The average molecular weight is 402 g/mol. The zero-order valence-corrected chi connectivity index (χ0v) is 16.0. The van der Waals surface area contributed by atoms with E-state index in [0.29, 0.717) is 22.8 Å². The van der Waals surface area contributed by atoms with Gasteiger partial charge in [-0.05, 0) is 43.3 Å². The largest absolute Gasteiger partial charge is 0.497 e. The summed E-state index contributed by atoms with van der Waals surface area (Å²) in [5.41, 5.74) is 0.600. The van der Waals surface area contributed by atoms with Gasteiger partial charge in [0.25, 0.3) is 5.89 Å². The predicted molar refractivity (Wildman–Crippen MR) is 99.1 cm³/mol. The lowest BCUT2D eigenvalue weighted by molar-refractivity contribution is -0.153. The monoisotopic (exact) mass is 402 g/mol. The van der Waals surface area contributed by atoms with Crippen LogP contribution < -0.4 is 14.2 Å². The molecular weight excluding hydrogens is 383 g/mol. The summed E-state index contributed by atoms with van der Waals surface area (Å²) in [5, 5.41) is 3.88. The van der Waals surface area contributed by atoms with Gasteiger partial charge in [0.2, 0.25) is 5.82 Å². The molecule has 9 heteroatoms. The number of ether oxygens (including phenoxy) is 4. The van der Waals surface area contributed by atoms with Gasteiger partial charge in [-0.15, -0.1) is 0 Å². The van der Waals surface area contributed by atoms with Crippen LogP contribution in [0.2, 0.25) is 0 Å². The summed E-state index contributed by atoms with van der Waals surface area (Å²) in [6, 6.07) is 10.5. The van der Waals surface area contributed by atoms with E-state index < -0.39 is 17.9 Å². The lowest BCUT2D eigenvalue weighted by Gasteiger charge is -2.13. The highest BCUT2D eigenvalue weighted by Crippen LogP contribution is 2.31. The van der Waals surface area contributed by atoms with Crippen molar-refractivity contribution < 1.29 is 32.7 Å². The molecule has 0 amide bonds. The molecular formula is C20H19FN2O6. The van der Waals surface area contributed by atoms with E-state index in [4.69, 9.17) is 23.5 Å². The highest BCUT2D eigenvalue weighted by atomic mass is 19.1. The molecule has 1 aromatic heterocycles. The van der Waals surface area contributed by atoms with E-state index in [0.717, 1.165) is 0 Å². The first kappa shape index (κ1) is 20.1. The van der Waals surface area contributed by atoms with Gasteiger partial charge in [-0.1, -0.05) is 5.16 Å². The minimum absolute atomic E-state index is 0.111. The van der Waals surface area contributed by atoms with Crippen LogP contribution in [0, 0.1) is 5.82 Å². The van der Waals surface area contributed by atoms with Gasteiger partial charge >= 0.3 is 5.97 Å². The Hall–Kier alpha value is -3.62. The van der Waals surface area contributed by atoms with E-state index in [9.17, 15) is 9.18 Å². The normalized spacial score (nSPS) is 11.6. The Balaban J connectivity index is 1.60. The zero-order valence-electron chi connectivity index (χ0n) is 16.0. The minimum atomic E-state index is -0.899. The number of carbonyl (C=O) groups is 1. The molecule has 152 valence electrons. The van der Waals surface area contributed by atoms with Gasteiger partial charge in [-0.2, -0.15) is 4.98 Å². The molecule has 0 aliphatic heterocycles. The molecule has 29 heavy (non-hydrogen) atoms. The Morgan fingerprint density at radius 3 is 2.52 bits per heavy atom. The van der Waals surface area contributed by atoms with Crippen molar-refractivity contribution in [2.45, 2.75) is 19.6 Å². The first-order valence-corrected chi connectivity index (χ1v) is 8.64. The van der Waals surface area contributed by atoms with Crippen LogP contribution in [0.3, 0.4) is 0 Å². The van der Waals surface area contributed by atoms with Crippen molar-refractivity contribution in [1.82, 2.24) is 10.1 Å². The number of aromatic nitrogens is 2. The van der Waals surface area contributed by atoms with Crippen molar-refractivity contribution in [3.63, 3.8) is 0 Å². The Bertz CT molecular complexity index is 973. The fourth-order valence-electron chi connectivity index (χ4n) is 2.42.